The number of hydrogen-bond donors (Lipinski definition) is 1. The van der Waals surface area contributed by atoms with Gasteiger partial charge in [-0.3, -0.25) is 9.69 Å². The molecule has 1 unspecified atom stereocenters. The molecule has 12 heteroatoms. The van der Waals surface area contributed by atoms with Gasteiger partial charge in [0.25, 0.3) is 0 Å². The predicted octanol–water partition coefficient (Wildman–Crippen LogP) is 3.54. The number of aromatic nitrogens is 1. The van der Waals surface area contributed by atoms with Crippen molar-refractivity contribution in [2.24, 2.45) is 0 Å². The van der Waals surface area contributed by atoms with Gasteiger partial charge in [0.1, 0.15) is 11.5 Å². The Bertz CT molecular complexity index is 1310. The van der Waals surface area contributed by atoms with Crippen molar-refractivity contribution in [3.05, 3.63) is 51.8 Å². The van der Waals surface area contributed by atoms with Crippen molar-refractivity contribution in [2.45, 2.75) is 62.2 Å². The van der Waals surface area contributed by atoms with E-state index in [1.165, 1.54) is 10.7 Å². The van der Waals surface area contributed by atoms with E-state index in [1.54, 1.807) is 19.1 Å². The van der Waals surface area contributed by atoms with E-state index in [4.69, 9.17) is 27.9 Å². The van der Waals surface area contributed by atoms with Crippen molar-refractivity contribution in [1.82, 2.24) is 24.0 Å². The summed E-state index contributed by atoms with van der Waals surface area (Å²) in [6.45, 7) is 6.70. The Morgan fingerprint density at radius 3 is 2.62 bits per heavy atom. The third kappa shape index (κ3) is 6.38. The number of amides is 1. The van der Waals surface area contributed by atoms with Crippen LogP contribution in [0.2, 0.25) is 10.0 Å². The fourth-order valence-electron chi connectivity index (χ4n) is 6.23. The molecule has 1 aliphatic carbocycles. The minimum atomic E-state index is -4.04. The number of nitrogens with zero attached hydrogens (tertiary/aromatic N) is 4. The maximum absolute atomic E-state index is 13.9. The van der Waals surface area contributed by atoms with Crippen LogP contribution in [-0.2, 0) is 26.1 Å². The molecule has 220 valence electrons. The fraction of sp³-hybridized carbons (Fsp3) is 0.607. The van der Waals surface area contributed by atoms with E-state index in [0.29, 0.717) is 18.2 Å². The van der Waals surface area contributed by atoms with Gasteiger partial charge in [0.05, 0.1) is 22.7 Å². The van der Waals surface area contributed by atoms with Gasteiger partial charge in [0, 0.05) is 63.2 Å². The number of piperazine rings is 1. The molecule has 0 spiro atoms. The molecule has 0 radical (unpaired) electrons. The van der Waals surface area contributed by atoms with Gasteiger partial charge in [-0.1, -0.05) is 29.3 Å². The summed E-state index contributed by atoms with van der Waals surface area (Å²) in [6, 6.07) is 7.03. The number of ether oxygens (including phenoxy) is 1. The summed E-state index contributed by atoms with van der Waals surface area (Å²) in [5.74, 6) is -0.172. The number of sulfonamides is 1. The van der Waals surface area contributed by atoms with Gasteiger partial charge in [0.2, 0.25) is 15.9 Å². The molecule has 2 aromatic rings. The third-order valence-electron chi connectivity index (χ3n) is 8.50. The van der Waals surface area contributed by atoms with Gasteiger partial charge >= 0.3 is 0 Å². The van der Waals surface area contributed by atoms with E-state index in [1.807, 2.05) is 22.9 Å². The summed E-state index contributed by atoms with van der Waals surface area (Å²) in [7, 11) is -1.88. The SMILES string of the molecule is Cc1ccc(Cl)c(S(=O)(=O)N2CCn3cccc3C2COCC(=O)N[C@@H]2CCC[C@H](N3CCN(C)CC3)C2)c1Cl. The van der Waals surface area contributed by atoms with E-state index in [0.717, 1.165) is 51.1 Å². The van der Waals surface area contributed by atoms with Crippen molar-refractivity contribution >= 4 is 39.1 Å². The zero-order valence-electron chi connectivity index (χ0n) is 23.2. The van der Waals surface area contributed by atoms with Gasteiger partial charge < -0.3 is 19.5 Å². The van der Waals surface area contributed by atoms with Crippen molar-refractivity contribution in [2.75, 3.05) is 53.0 Å². The monoisotopic (exact) mass is 611 g/mol. The van der Waals surface area contributed by atoms with Crippen molar-refractivity contribution in [1.29, 1.82) is 0 Å². The highest BCUT2D eigenvalue weighted by molar-refractivity contribution is 7.89. The van der Waals surface area contributed by atoms with Crippen LogP contribution in [0.5, 0.6) is 0 Å². The van der Waals surface area contributed by atoms with E-state index in [2.05, 4.69) is 22.2 Å². The molecule has 1 N–H and O–H groups in total. The van der Waals surface area contributed by atoms with Crippen molar-refractivity contribution in [3.63, 3.8) is 0 Å². The second kappa shape index (κ2) is 12.7. The van der Waals surface area contributed by atoms with Gasteiger partial charge in [0.15, 0.2) is 0 Å². The highest BCUT2D eigenvalue weighted by atomic mass is 35.5. The Morgan fingerprint density at radius 2 is 1.85 bits per heavy atom. The van der Waals surface area contributed by atoms with Crippen LogP contribution in [0, 0.1) is 6.92 Å². The quantitative estimate of drug-likeness (QED) is 0.491. The standard InChI is InChI=1S/C28H39Cl2N5O4S/c1-20-8-9-23(29)28(27(20)30)40(37,38)35-16-15-34-10-4-7-24(34)25(35)18-39-19-26(36)31-21-5-3-6-22(17-21)33-13-11-32(2)12-14-33/h4,7-10,21-22,25H,3,5-6,11-19H2,1-2H3,(H,31,36)/t21-,22+,25?/m1/s1. The van der Waals surface area contributed by atoms with Crippen molar-refractivity contribution in [3.8, 4) is 0 Å². The van der Waals surface area contributed by atoms with E-state index in [9.17, 15) is 13.2 Å². The smallest absolute Gasteiger partial charge is 0.246 e. The van der Waals surface area contributed by atoms with Crippen LogP contribution >= 0.6 is 23.2 Å². The van der Waals surface area contributed by atoms with Gasteiger partial charge in [-0.2, -0.15) is 4.31 Å². The van der Waals surface area contributed by atoms with E-state index < -0.39 is 16.1 Å². The van der Waals surface area contributed by atoms with Crippen LogP contribution in [-0.4, -0.2) is 98.1 Å². The number of carbonyl (C=O) groups is 1. The molecule has 2 aliphatic heterocycles. The fourth-order valence-corrected chi connectivity index (χ4v) is 8.95. The molecule has 3 heterocycles. The molecule has 1 amide bonds. The van der Waals surface area contributed by atoms with Gasteiger partial charge in [-0.15, -0.1) is 0 Å². The number of aryl methyl sites for hydroxylation is 1. The summed E-state index contributed by atoms with van der Waals surface area (Å²) in [4.78, 5) is 17.7. The Kier molecular flexibility index (Phi) is 9.46. The molecule has 1 aromatic heterocycles. The number of nitrogens with one attached hydrogen (secondary N) is 1. The Balaban J connectivity index is 1.22. The van der Waals surface area contributed by atoms with Crippen LogP contribution in [0.25, 0.3) is 0 Å². The number of halogens is 2. The first-order valence-electron chi connectivity index (χ1n) is 14.1. The Labute approximate surface area is 247 Å². The number of carbonyl (C=O) groups excluding carboxylic acids is 1. The Hall–Kier alpha value is -1.66. The largest absolute Gasteiger partial charge is 0.370 e. The zero-order chi connectivity index (χ0) is 28.4. The lowest BCUT2D eigenvalue weighted by Gasteiger charge is -2.41. The lowest BCUT2D eigenvalue weighted by Crippen LogP contribution is -2.52. The molecule has 9 nitrogen and oxygen atoms in total. The molecule has 1 saturated heterocycles. The predicted molar refractivity (Wildman–Crippen MR) is 156 cm³/mol. The molecular formula is C28H39Cl2N5O4S. The average molecular weight is 613 g/mol. The number of hydrogen-bond acceptors (Lipinski definition) is 6. The van der Waals surface area contributed by atoms with Gasteiger partial charge in [-0.25, -0.2) is 8.42 Å². The molecule has 40 heavy (non-hydrogen) atoms. The summed E-state index contributed by atoms with van der Waals surface area (Å²) in [6.07, 6.45) is 6.11. The molecular weight excluding hydrogens is 573 g/mol. The maximum Gasteiger partial charge on any atom is 0.246 e. The number of rotatable bonds is 8. The number of benzene rings is 1. The second-order valence-electron chi connectivity index (χ2n) is 11.2. The van der Waals surface area contributed by atoms with E-state index >= 15 is 0 Å². The van der Waals surface area contributed by atoms with Crippen LogP contribution in [0.15, 0.2) is 35.4 Å². The minimum absolute atomic E-state index is 0.0340. The van der Waals surface area contributed by atoms with Crippen LogP contribution < -0.4 is 5.32 Å². The third-order valence-corrected chi connectivity index (χ3v) is 11.5. The average Bonchev–Trinajstić information content (AvgIpc) is 3.41. The summed E-state index contributed by atoms with van der Waals surface area (Å²) in [5, 5.41) is 3.37. The van der Waals surface area contributed by atoms with E-state index in [-0.39, 0.29) is 46.6 Å². The first-order chi connectivity index (χ1) is 19.1. The minimum Gasteiger partial charge on any atom is -0.370 e. The molecule has 3 atom stereocenters. The highest BCUT2D eigenvalue weighted by Crippen LogP contribution is 2.38. The Morgan fingerprint density at radius 1 is 1.07 bits per heavy atom. The first kappa shape index (κ1) is 29.8. The second-order valence-corrected chi connectivity index (χ2v) is 13.8. The molecule has 1 aromatic carbocycles. The summed E-state index contributed by atoms with van der Waals surface area (Å²) >= 11 is 12.8. The molecule has 3 aliphatic rings. The van der Waals surface area contributed by atoms with Crippen LogP contribution in [0.1, 0.15) is 43.0 Å². The first-order valence-corrected chi connectivity index (χ1v) is 16.3. The van der Waals surface area contributed by atoms with Gasteiger partial charge in [-0.05, 0) is 63.4 Å². The highest BCUT2D eigenvalue weighted by Gasteiger charge is 2.39. The van der Waals surface area contributed by atoms with Crippen LogP contribution in [0.4, 0.5) is 0 Å². The topological polar surface area (TPSA) is 87.1 Å². The number of fused-ring (bicyclic) bond motifs is 1. The zero-order valence-corrected chi connectivity index (χ0v) is 25.5. The molecule has 0 bridgehead atoms. The molecule has 5 rings (SSSR count). The normalized spacial score (nSPS) is 25.1. The number of likely N-dealkylation sites (N-methyl/N-ethyl adjacent to an activating group) is 1. The maximum atomic E-state index is 13.9. The molecule has 2 fully saturated rings. The van der Waals surface area contributed by atoms with Crippen LogP contribution in [0.3, 0.4) is 0 Å². The lowest BCUT2D eigenvalue weighted by atomic mass is 9.89. The summed E-state index contributed by atoms with van der Waals surface area (Å²) < 4.78 is 37.0. The lowest BCUT2D eigenvalue weighted by molar-refractivity contribution is -0.127. The summed E-state index contributed by atoms with van der Waals surface area (Å²) in [5.41, 5.74) is 1.43. The molecule has 1 saturated carbocycles. The van der Waals surface area contributed by atoms with Crippen molar-refractivity contribution < 1.29 is 17.9 Å².